The van der Waals surface area contributed by atoms with E-state index in [1.54, 1.807) is 6.08 Å². The normalized spacial score (nSPS) is 18.5. The van der Waals surface area contributed by atoms with Gasteiger partial charge in [-0.1, -0.05) is 48.5 Å². The van der Waals surface area contributed by atoms with Crippen LogP contribution in [0.2, 0.25) is 0 Å². The first kappa shape index (κ1) is 15.3. The van der Waals surface area contributed by atoms with Crippen molar-refractivity contribution in [1.29, 1.82) is 0 Å². The summed E-state index contributed by atoms with van der Waals surface area (Å²) in [6, 6.07) is 16.5. The first-order chi connectivity index (χ1) is 11.7. The zero-order valence-electron chi connectivity index (χ0n) is 14.0. The Morgan fingerprint density at radius 1 is 0.875 bits per heavy atom. The minimum Gasteiger partial charge on any atom is -0.304 e. The summed E-state index contributed by atoms with van der Waals surface area (Å²) < 4.78 is 0. The largest absolute Gasteiger partial charge is 0.304 e. The summed E-state index contributed by atoms with van der Waals surface area (Å²) in [5.41, 5.74) is 5.36. The van der Waals surface area contributed by atoms with E-state index in [4.69, 9.17) is 0 Å². The Labute approximate surface area is 143 Å². The number of carbonyl (C=O) groups excluding carboxylic acids is 1. The highest BCUT2D eigenvalue weighted by Gasteiger charge is 2.21. The Morgan fingerprint density at radius 2 is 1.54 bits per heavy atom. The molecule has 24 heavy (non-hydrogen) atoms. The second-order valence-electron chi connectivity index (χ2n) is 6.74. The van der Waals surface area contributed by atoms with Gasteiger partial charge in [-0.2, -0.15) is 0 Å². The van der Waals surface area contributed by atoms with Crippen LogP contribution in [0.4, 0.5) is 0 Å². The lowest BCUT2D eigenvalue weighted by Crippen LogP contribution is -2.43. The molecule has 2 aliphatic rings. The summed E-state index contributed by atoms with van der Waals surface area (Å²) in [6.07, 6.45) is 1.76. The number of carbonyl (C=O) groups is 1. The zero-order chi connectivity index (χ0) is 16.5. The molecular formula is C21H22N2O. The van der Waals surface area contributed by atoms with Gasteiger partial charge in [0.1, 0.15) is 0 Å². The van der Waals surface area contributed by atoms with Crippen LogP contribution >= 0.6 is 0 Å². The quantitative estimate of drug-likeness (QED) is 0.869. The fraction of sp³-hybridized carbons (Fsp3) is 0.286. The lowest BCUT2D eigenvalue weighted by molar-refractivity contribution is 0.105. The van der Waals surface area contributed by atoms with E-state index in [2.05, 4.69) is 41.1 Å². The maximum atomic E-state index is 12.1. The van der Waals surface area contributed by atoms with E-state index in [0.717, 1.165) is 55.0 Å². The molecule has 122 valence electrons. The van der Waals surface area contributed by atoms with Crippen LogP contribution < -0.4 is 0 Å². The molecule has 1 aliphatic carbocycles. The molecule has 3 heteroatoms. The average molecular weight is 318 g/mol. The molecule has 2 aromatic rings. The van der Waals surface area contributed by atoms with E-state index in [-0.39, 0.29) is 5.78 Å². The average Bonchev–Trinajstić information content (AvgIpc) is 2.95. The van der Waals surface area contributed by atoms with Crippen LogP contribution in [0.25, 0.3) is 5.57 Å². The second-order valence-corrected chi connectivity index (χ2v) is 6.74. The monoisotopic (exact) mass is 318 g/mol. The van der Waals surface area contributed by atoms with Crippen LogP contribution in [0.15, 0.2) is 54.6 Å². The predicted molar refractivity (Wildman–Crippen MR) is 97.1 cm³/mol. The lowest BCUT2D eigenvalue weighted by Gasteiger charge is -2.32. The van der Waals surface area contributed by atoms with Crippen molar-refractivity contribution in [3.63, 3.8) is 0 Å². The summed E-state index contributed by atoms with van der Waals surface area (Å²) in [5.74, 6) is 0.113. The number of fused-ring (bicyclic) bond motifs is 1. The molecular weight excluding hydrogens is 296 g/mol. The highest BCUT2D eigenvalue weighted by Crippen LogP contribution is 2.32. The third kappa shape index (κ3) is 2.93. The molecule has 3 nitrogen and oxygen atoms in total. The van der Waals surface area contributed by atoms with E-state index in [0.29, 0.717) is 0 Å². The number of rotatable bonds is 3. The van der Waals surface area contributed by atoms with Crippen molar-refractivity contribution in [2.24, 2.45) is 0 Å². The van der Waals surface area contributed by atoms with Gasteiger partial charge >= 0.3 is 0 Å². The van der Waals surface area contributed by atoms with Gasteiger partial charge in [0.25, 0.3) is 0 Å². The van der Waals surface area contributed by atoms with Crippen molar-refractivity contribution >= 4 is 11.4 Å². The predicted octanol–water partition coefficient (Wildman–Crippen LogP) is 3.06. The fourth-order valence-corrected chi connectivity index (χ4v) is 3.51. The van der Waals surface area contributed by atoms with Crippen LogP contribution in [0.1, 0.15) is 27.0 Å². The third-order valence-corrected chi connectivity index (χ3v) is 5.03. The Balaban J connectivity index is 1.51. The topological polar surface area (TPSA) is 23.6 Å². The van der Waals surface area contributed by atoms with Crippen molar-refractivity contribution in [1.82, 2.24) is 9.80 Å². The highest BCUT2D eigenvalue weighted by atomic mass is 16.1. The number of likely N-dealkylation sites (N-methyl/N-ethyl adjacent to an activating group) is 1. The molecule has 2 aromatic carbocycles. The first-order valence-electron chi connectivity index (χ1n) is 8.56. The van der Waals surface area contributed by atoms with Gasteiger partial charge in [-0.25, -0.2) is 0 Å². The number of ketones is 1. The van der Waals surface area contributed by atoms with Crippen molar-refractivity contribution < 1.29 is 4.79 Å². The molecule has 0 amide bonds. The van der Waals surface area contributed by atoms with Gasteiger partial charge in [0.2, 0.25) is 0 Å². The van der Waals surface area contributed by atoms with Crippen LogP contribution in [0, 0.1) is 0 Å². The Hall–Kier alpha value is -2.23. The molecule has 0 radical (unpaired) electrons. The summed E-state index contributed by atoms with van der Waals surface area (Å²) in [7, 11) is 2.18. The Kier molecular flexibility index (Phi) is 4.05. The molecule has 0 aromatic heterocycles. The SMILES string of the molecule is CN1CCN(Cc2ccc(C3=CC(=O)c4ccccc43)cc2)CC1. The molecule has 0 unspecified atom stereocenters. The number of benzene rings is 2. The molecule has 1 fully saturated rings. The lowest BCUT2D eigenvalue weighted by atomic mass is 9.98. The van der Waals surface area contributed by atoms with Gasteiger partial charge in [0.15, 0.2) is 5.78 Å². The standard InChI is InChI=1S/C21H22N2O/c1-22-10-12-23(13-11-22)15-16-6-8-17(9-7-16)20-14-21(24)19-5-3-2-4-18(19)20/h2-9,14H,10-13,15H2,1H3. The number of hydrogen-bond donors (Lipinski definition) is 0. The number of allylic oxidation sites excluding steroid dienone is 1. The van der Waals surface area contributed by atoms with E-state index in [1.165, 1.54) is 5.56 Å². The minimum absolute atomic E-state index is 0.113. The summed E-state index contributed by atoms with van der Waals surface area (Å²) >= 11 is 0. The van der Waals surface area contributed by atoms with Gasteiger partial charge in [-0.3, -0.25) is 9.69 Å². The van der Waals surface area contributed by atoms with Crippen molar-refractivity contribution in [3.8, 4) is 0 Å². The van der Waals surface area contributed by atoms with Crippen LogP contribution in [0.3, 0.4) is 0 Å². The molecule has 0 atom stereocenters. The van der Waals surface area contributed by atoms with Crippen molar-refractivity contribution in [2.75, 3.05) is 33.2 Å². The van der Waals surface area contributed by atoms with Gasteiger partial charge in [-0.05, 0) is 35.4 Å². The maximum absolute atomic E-state index is 12.1. The van der Waals surface area contributed by atoms with E-state index < -0.39 is 0 Å². The maximum Gasteiger partial charge on any atom is 0.187 e. The van der Waals surface area contributed by atoms with E-state index in [9.17, 15) is 4.79 Å². The number of hydrogen-bond acceptors (Lipinski definition) is 3. The second kappa shape index (κ2) is 6.34. The number of piperazine rings is 1. The molecule has 1 heterocycles. The minimum atomic E-state index is 0.113. The summed E-state index contributed by atoms with van der Waals surface area (Å²) in [4.78, 5) is 17.0. The molecule has 1 saturated heterocycles. The van der Waals surface area contributed by atoms with Crippen molar-refractivity contribution in [2.45, 2.75) is 6.54 Å². The molecule has 0 spiro atoms. The fourth-order valence-electron chi connectivity index (χ4n) is 3.51. The summed E-state index contributed by atoms with van der Waals surface area (Å²) in [6.45, 7) is 5.55. The van der Waals surface area contributed by atoms with E-state index >= 15 is 0 Å². The first-order valence-corrected chi connectivity index (χ1v) is 8.56. The molecule has 0 N–H and O–H groups in total. The summed E-state index contributed by atoms with van der Waals surface area (Å²) in [5, 5.41) is 0. The number of nitrogens with zero attached hydrogens (tertiary/aromatic N) is 2. The van der Waals surface area contributed by atoms with Crippen molar-refractivity contribution in [3.05, 3.63) is 76.9 Å². The van der Waals surface area contributed by atoms with Crippen LogP contribution in [-0.2, 0) is 6.54 Å². The third-order valence-electron chi connectivity index (χ3n) is 5.03. The molecule has 1 aliphatic heterocycles. The Morgan fingerprint density at radius 3 is 2.25 bits per heavy atom. The highest BCUT2D eigenvalue weighted by molar-refractivity contribution is 6.18. The Bertz CT molecular complexity index is 784. The molecule has 0 bridgehead atoms. The molecule has 0 saturated carbocycles. The van der Waals surface area contributed by atoms with Gasteiger partial charge in [0, 0.05) is 38.3 Å². The smallest absolute Gasteiger partial charge is 0.187 e. The van der Waals surface area contributed by atoms with Crippen LogP contribution in [0.5, 0.6) is 0 Å². The van der Waals surface area contributed by atoms with Gasteiger partial charge in [0.05, 0.1) is 0 Å². The zero-order valence-corrected chi connectivity index (χ0v) is 14.0. The van der Waals surface area contributed by atoms with Gasteiger partial charge in [-0.15, -0.1) is 0 Å². The van der Waals surface area contributed by atoms with E-state index in [1.807, 2.05) is 24.3 Å². The van der Waals surface area contributed by atoms with Crippen LogP contribution in [-0.4, -0.2) is 48.8 Å². The van der Waals surface area contributed by atoms with Gasteiger partial charge < -0.3 is 4.90 Å². The molecule has 4 rings (SSSR count).